The molecular weight excluding hydrogens is 130 g/mol. The summed E-state index contributed by atoms with van der Waals surface area (Å²) in [6.45, 7) is 2.80. The van der Waals surface area contributed by atoms with Crippen molar-refractivity contribution in [2.75, 3.05) is 13.7 Å². The van der Waals surface area contributed by atoms with Crippen LogP contribution in [0.5, 0.6) is 0 Å². The molecule has 1 heterocycles. The Labute approximate surface area is 60.7 Å². The quantitative estimate of drug-likeness (QED) is 0.571. The van der Waals surface area contributed by atoms with E-state index in [0.29, 0.717) is 18.4 Å². The van der Waals surface area contributed by atoms with Crippen LogP contribution in [0.25, 0.3) is 0 Å². The highest BCUT2D eigenvalue weighted by Crippen LogP contribution is 2.14. The van der Waals surface area contributed by atoms with Crippen molar-refractivity contribution in [2.24, 2.45) is 5.92 Å². The van der Waals surface area contributed by atoms with Crippen molar-refractivity contribution in [1.29, 1.82) is 0 Å². The van der Waals surface area contributed by atoms with Crippen LogP contribution in [-0.2, 0) is 9.53 Å². The average Bonchev–Trinajstić information content (AvgIpc) is 1.82. The third kappa shape index (κ3) is 1.48. The van der Waals surface area contributed by atoms with Crippen LogP contribution < -0.4 is 5.32 Å². The fourth-order valence-electron chi connectivity index (χ4n) is 1.11. The van der Waals surface area contributed by atoms with E-state index in [4.69, 9.17) is 4.74 Å². The molecule has 1 rings (SSSR count). The topological polar surface area (TPSA) is 38.3 Å². The SMILES string of the molecule is COCC(C)C1CC(=O)N1. The van der Waals surface area contributed by atoms with Crippen molar-refractivity contribution in [3.8, 4) is 0 Å². The molecule has 0 aromatic heterocycles. The predicted molar refractivity (Wildman–Crippen MR) is 37.6 cm³/mol. The Morgan fingerprint density at radius 1 is 1.90 bits per heavy atom. The van der Waals surface area contributed by atoms with Crippen LogP contribution >= 0.6 is 0 Å². The number of amides is 1. The van der Waals surface area contributed by atoms with Gasteiger partial charge in [-0.15, -0.1) is 0 Å². The van der Waals surface area contributed by atoms with Gasteiger partial charge in [-0.05, 0) is 0 Å². The summed E-state index contributed by atoms with van der Waals surface area (Å²) in [5.41, 5.74) is 0. The van der Waals surface area contributed by atoms with Crippen LogP contribution in [0.2, 0.25) is 0 Å². The Balaban J connectivity index is 2.17. The highest BCUT2D eigenvalue weighted by molar-refractivity contribution is 5.82. The van der Waals surface area contributed by atoms with Gasteiger partial charge in [-0.25, -0.2) is 0 Å². The molecule has 0 aromatic carbocycles. The molecule has 2 atom stereocenters. The minimum absolute atomic E-state index is 0.160. The van der Waals surface area contributed by atoms with E-state index in [1.54, 1.807) is 7.11 Å². The van der Waals surface area contributed by atoms with Crippen LogP contribution in [0, 0.1) is 5.92 Å². The second kappa shape index (κ2) is 3.01. The average molecular weight is 143 g/mol. The van der Waals surface area contributed by atoms with Crippen molar-refractivity contribution in [1.82, 2.24) is 5.32 Å². The van der Waals surface area contributed by atoms with Gasteiger partial charge in [0.1, 0.15) is 0 Å². The molecule has 1 amide bonds. The first-order valence-electron chi connectivity index (χ1n) is 3.52. The molecule has 0 aliphatic carbocycles. The Morgan fingerprint density at radius 3 is 2.90 bits per heavy atom. The van der Waals surface area contributed by atoms with Crippen LogP contribution in [0.4, 0.5) is 0 Å². The minimum atomic E-state index is 0.160. The van der Waals surface area contributed by atoms with Crippen molar-refractivity contribution in [3.63, 3.8) is 0 Å². The summed E-state index contributed by atoms with van der Waals surface area (Å²) in [7, 11) is 1.68. The lowest BCUT2D eigenvalue weighted by molar-refractivity contribution is -0.129. The number of nitrogens with one attached hydrogen (secondary N) is 1. The van der Waals surface area contributed by atoms with Gasteiger partial charge in [0.25, 0.3) is 0 Å². The van der Waals surface area contributed by atoms with Gasteiger partial charge in [0.2, 0.25) is 5.91 Å². The molecule has 3 nitrogen and oxygen atoms in total. The number of hydrogen-bond donors (Lipinski definition) is 1. The maximum absolute atomic E-state index is 10.5. The van der Waals surface area contributed by atoms with E-state index in [1.165, 1.54) is 0 Å². The summed E-state index contributed by atoms with van der Waals surface area (Å²) in [5, 5.41) is 2.81. The van der Waals surface area contributed by atoms with Gasteiger partial charge in [-0.3, -0.25) is 4.79 Å². The molecule has 0 bridgehead atoms. The lowest BCUT2D eigenvalue weighted by atomic mass is 9.93. The highest BCUT2D eigenvalue weighted by Gasteiger charge is 2.29. The first-order valence-corrected chi connectivity index (χ1v) is 3.52. The summed E-state index contributed by atoms with van der Waals surface area (Å²) in [6, 6.07) is 0.354. The van der Waals surface area contributed by atoms with Gasteiger partial charge in [-0.2, -0.15) is 0 Å². The van der Waals surface area contributed by atoms with E-state index in [2.05, 4.69) is 12.2 Å². The molecule has 1 fully saturated rings. The Bertz CT molecular complexity index is 128. The van der Waals surface area contributed by atoms with Crippen LogP contribution in [0.1, 0.15) is 13.3 Å². The van der Waals surface area contributed by atoms with Gasteiger partial charge in [0, 0.05) is 25.5 Å². The third-order valence-corrected chi connectivity index (χ3v) is 1.87. The Hall–Kier alpha value is -0.570. The molecule has 2 unspecified atom stereocenters. The number of carbonyl (C=O) groups is 1. The molecule has 1 N–H and O–H groups in total. The third-order valence-electron chi connectivity index (χ3n) is 1.87. The fourth-order valence-corrected chi connectivity index (χ4v) is 1.11. The number of rotatable bonds is 3. The molecule has 3 heteroatoms. The zero-order valence-electron chi connectivity index (χ0n) is 6.39. The summed E-state index contributed by atoms with van der Waals surface area (Å²) in [6.07, 6.45) is 0.671. The van der Waals surface area contributed by atoms with E-state index in [-0.39, 0.29) is 5.91 Å². The second-order valence-corrected chi connectivity index (χ2v) is 2.81. The normalized spacial score (nSPS) is 27.0. The van der Waals surface area contributed by atoms with Crippen LogP contribution in [0.15, 0.2) is 0 Å². The smallest absolute Gasteiger partial charge is 0.222 e. The van der Waals surface area contributed by atoms with Gasteiger partial charge < -0.3 is 10.1 Å². The zero-order chi connectivity index (χ0) is 7.56. The minimum Gasteiger partial charge on any atom is -0.384 e. The van der Waals surface area contributed by atoms with E-state index in [0.717, 1.165) is 6.61 Å². The molecule has 0 spiro atoms. The second-order valence-electron chi connectivity index (χ2n) is 2.81. The Morgan fingerprint density at radius 2 is 2.50 bits per heavy atom. The zero-order valence-corrected chi connectivity index (χ0v) is 6.39. The monoisotopic (exact) mass is 143 g/mol. The van der Waals surface area contributed by atoms with Gasteiger partial charge >= 0.3 is 0 Å². The van der Waals surface area contributed by atoms with Crippen molar-refractivity contribution in [3.05, 3.63) is 0 Å². The largest absolute Gasteiger partial charge is 0.384 e. The van der Waals surface area contributed by atoms with E-state index < -0.39 is 0 Å². The lowest BCUT2D eigenvalue weighted by Crippen LogP contribution is -2.52. The van der Waals surface area contributed by atoms with Crippen molar-refractivity contribution in [2.45, 2.75) is 19.4 Å². The summed E-state index contributed by atoms with van der Waals surface area (Å²) in [5.74, 6) is 0.607. The molecule has 0 radical (unpaired) electrons. The number of methoxy groups -OCH3 is 1. The first kappa shape index (κ1) is 7.54. The molecule has 0 saturated carbocycles. The molecule has 0 aromatic rings. The summed E-state index contributed by atoms with van der Waals surface area (Å²) in [4.78, 5) is 10.5. The maximum Gasteiger partial charge on any atom is 0.222 e. The van der Waals surface area contributed by atoms with Crippen LogP contribution in [-0.4, -0.2) is 25.7 Å². The molecule has 1 saturated heterocycles. The Kier molecular flexibility index (Phi) is 2.27. The maximum atomic E-state index is 10.5. The van der Waals surface area contributed by atoms with E-state index in [9.17, 15) is 4.79 Å². The number of hydrogen-bond acceptors (Lipinski definition) is 2. The van der Waals surface area contributed by atoms with Gasteiger partial charge in [-0.1, -0.05) is 6.92 Å². The van der Waals surface area contributed by atoms with Gasteiger partial charge in [0.15, 0.2) is 0 Å². The summed E-state index contributed by atoms with van der Waals surface area (Å²) >= 11 is 0. The summed E-state index contributed by atoms with van der Waals surface area (Å²) < 4.78 is 4.94. The molecule has 10 heavy (non-hydrogen) atoms. The fraction of sp³-hybridized carbons (Fsp3) is 0.857. The molecule has 1 aliphatic rings. The standard InChI is InChI=1S/C7H13NO2/c1-5(4-10-2)6-3-7(9)8-6/h5-6H,3-4H2,1-2H3,(H,8,9). The number of β-lactam (4-membered cyclic amide) rings is 1. The molecule has 1 aliphatic heterocycles. The highest BCUT2D eigenvalue weighted by atomic mass is 16.5. The number of ether oxygens (including phenoxy) is 1. The van der Waals surface area contributed by atoms with Crippen molar-refractivity contribution < 1.29 is 9.53 Å². The molecule has 58 valence electrons. The van der Waals surface area contributed by atoms with E-state index in [1.807, 2.05) is 0 Å². The van der Waals surface area contributed by atoms with Crippen LogP contribution in [0.3, 0.4) is 0 Å². The van der Waals surface area contributed by atoms with Crippen molar-refractivity contribution >= 4 is 5.91 Å². The van der Waals surface area contributed by atoms with Gasteiger partial charge in [0.05, 0.1) is 6.61 Å². The van der Waals surface area contributed by atoms with E-state index >= 15 is 0 Å². The molecular formula is C7H13NO2. The predicted octanol–water partition coefficient (Wildman–Crippen LogP) is 0.157. The number of carbonyl (C=O) groups excluding carboxylic acids is 1. The first-order chi connectivity index (χ1) is 4.74. The lowest BCUT2D eigenvalue weighted by Gasteiger charge is -2.31.